The van der Waals surface area contributed by atoms with E-state index in [1.807, 2.05) is 12.1 Å². The van der Waals surface area contributed by atoms with Gasteiger partial charge in [0.25, 0.3) is 0 Å². The molecule has 130 valence electrons. The van der Waals surface area contributed by atoms with Gasteiger partial charge >= 0.3 is 0 Å². The number of aryl methyl sites for hydroxylation is 2. The molecule has 4 nitrogen and oxygen atoms in total. The molecule has 1 aliphatic rings. The molecule has 25 heavy (non-hydrogen) atoms. The lowest BCUT2D eigenvalue weighted by molar-refractivity contribution is 0.581. The second-order valence-electron chi connectivity index (χ2n) is 6.45. The Morgan fingerprint density at radius 2 is 1.80 bits per heavy atom. The lowest BCUT2D eigenvalue weighted by atomic mass is 9.95. The van der Waals surface area contributed by atoms with Gasteiger partial charge in [-0.05, 0) is 73.2 Å². The molecule has 0 radical (unpaired) electrons. The van der Waals surface area contributed by atoms with Crippen LogP contribution in [0.15, 0.2) is 47.4 Å². The van der Waals surface area contributed by atoms with Crippen molar-refractivity contribution < 1.29 is 8.42 Å². The van der Waals surface area contributed by atoms with Gasteiger partial charge in [0.1, 0.15) is 0 Å². The maximum absolute atomic E-state index is 12.4. The Labute approximate surface area is 152 Å². The van der Waals surface area contributed by atoms with Gasteiger partial charge in [-0.25, -0.2) is 13.1 Å². The molecule has 1 aliphatic carbocycles. The van der Waals surface area contributed by atoms with E-state index in [4.69, 9.17) is 11.6 Å². The highest BCUT2D eigenvalue weighted by Crippen LogP contribution is 2.29. The number of fused-ring (bicyclic) bond motifs is 3. The molecular formula is C19H19ClN2O2S. The van der Waals surface area contributed by atoms with Crippen molar-refractivity contribution in [3.8, 4) is 0 Å². The number of H-pyrrole nitrogens is 1. The number of rotatable bonds is 4. The predicted molar refractivity (Wildman–Crippen MR) is 100 cm³/mol. The van der Waals surface area contributed by atoms with Gasteiger partial charge in [0.15, 0.2) is 0 Å². The van der Waals surface area contributed by atoms with Crippen LogP contribution in [-0.2, 0) is 29.4 Å². The highest BCUT2D eigenvalue weighted by Gasteiger charge is 2.17. The first kappa shape index (κ1) is 16.6. The van der Waals surface area contributed by atoms with E-state index in [0.717, 1.165) is 23.9 Å². The van der Waals surface area contributed by atoms with Crippen LogP contribution < -0.4 is 4.72 Å². The SMILES string of the molecule is O=S(=O)(NCc1ccc2[nH]c3c(c2c1)CCCC3)c1ccc(Cl)cc1. The van der Waals surface area contributed by atoms with Crippen LogP contribution in [0.5, 0.6) is 0 Å². The van der Waals surface area contributed by atoms with E-state index < -0.39 is 10.0 Å². The quantitative estimate of drug-likeness (QED) is 0.719. The van der Waals surface area contributed by atoms with Crippen molar-refractivity contribution in [3.05, 3.63) is 64.3 Å². The molecule has 0 saturated carbocycles. The molecule has 0 spiro atoms. The smallest absolute Gasteiger partial charge is 0.240 e. The Bertz CT molecular complexity index is 1020. The molecule has 0 atom stereocenters. The third-order valence-electron chi connectivity index (χ3n) is 4.75. The average molecular weight is 375 g/mol. The van der Waals surface area contributed by atoms with Crippen LogP contribution >= 0.6 is 11.6 Å². The van der Waals surface area contributed by atoms with Crippen molar-refractivity contribution in [2.75, 3.05) is 0 Å². The topological polar surface area (TPSA) is 62.0 Å². The molecule has 0 unspecified atom stereocenters. The van der Waals surface area contributed by atoms with Gasteiger partial charge in [0, 0.05) is 28.2 Å². The lowest BCUT2D eigenvalue weighted by Gasteiger charge is -2.11. The number of hydrogen-bond acceptors (Lipinski definition) is 2. The van der Waals surface area contributed by atoms with Crippen LogP contribution in [0.4, 0.5) is 0 Å². The Hall–Kier alpha value is -1.82. The molecular weight excluding hydrogens is 356 g/mol. The second kappa shape index (κ2) is 6.48. The average Bonchev–Trinajstić information content (AvgIpc) is 2.98. The zero-order valence-corrected chi connectivity index (χ0v) is 15.3. The normalized spacial score (nSPS) is 14.6. The summed E-state index contributed by atoms with van der Waals surface area (Å²) in [6, 6.07) is 12.3. The summed E-state index contributed by atoms with van der Waals surface area (Å²) in [7, 11) is -3.55. The number of nitrogens with one attached hydrogen (secondary N) is 2. The number of benzene rings is 2. The van der Waals surface area contributed by atoms with Crippen molar-refractivity contribution >= 4 is 32.5 Å². The fraction of sp³-hybridized carbons (Fsp3) is 0.263. The summed E-state index contributed by atoms with van der Waals surface area (Å²) >= 11 is 5.82. The van der Waals surface area contributed by atoms with Crippen molar-refractivity contribution in [3.63, 3.8) is 0 Å². The summed E-state index contributed by atoms with van der Waals surface area (Å²) in [5.41, 5.74) is 4.82. The highest BCUT2D eigenvalue weighted by molar-refractivity contribution is 7.89. The van der Waals surface area contributed by atoms with E-state index >= 15 is 0 Å². The van der Waals surface area contributed by atoms with E-state index in [0.29, 0.717) is 5.02 Å². The zero-order chi connectivity index (χ0) is 17.4. The van der Waals surface area contributed by atoms with Crippen LogP contribution in [0.2, 0.25) is 5.02 Å². The van der Waals surface area contributed by atoms with Gasteiger partial charge in [-0.15, -0.1) is 0 Å². The van der Waals surface area contributed by atoms with E-state index in [1.165, 1.54) is 41.6 Å². The number of aromatic amines is 1. The first-order valence-electron chi connectivity index (χ1n) is 8.40. The molecule has 4 rings (SSSR count). The number of aromatic nitrogens is 1. The molecule has 3 aromatic rings. The maximum Gasteiger partial charge on any atom is 0.240 e. The number of hydrogen-bond donors (Lipinski definition) is 2. The summed E-state index contributed by atoms with van der Waals surface area (Å²) in [6.45, 7) is 0.265. The van der Waals surface area contributed by atoms with Gasteiger partial charge in [0.2, 0.25) is 10.0 Å². The van der Waals surface area contributed by atoms with Crippen LogP contribution in [0.3, 0.4) is 0 Å². The molecule has 0 amide bonds. The zero-order valence-electron chi connectivity index (χ0n) is 13.7. The van der Waals surface area contributed by atoms with Gasteiger partial charge in [0.05, 0.1) is 4.90 Å². The van der Waals surface area contributed by atoms with Gasteiger partial charge in [-0.3, -0.25) is 0 Å². The maximum atomic E-state index is 12.4. The summed E-state index contributed by atoms with van der Waals surface area (Å²) in [5, 5.41) is 1.74. The Morgan fingerprint density at radius 1 is 1.04 bits per heavy atom. The van der Waals surface area contributed by atoms with Gasteiger partial charge < -0.3 is 4.98 Å². The highest BCUT2D eigenvalue weighted by atomic mass is 35.5. The van der Waals surface area contributed by atoms with Crippen molar-refractivity contribution in [1.82, 2.24) is 9.71 Å². The van der Waals surface area contributed by atoms with Crippen LogP contribution in [0, 0.1) is 0 Å². The number of sulfonamides is 1. The molecule has 6 heteroatoms. The minimum Gasteiger partial charge on any atom is -0.358 e. The van der Waals surface area contributed by atoms with Crippen LogP contribution in [0.25, 0.3) is 10.9 Å². The first-order chi connectivity index (χ1) is 12.0. The molecule has 2 aromatic carbocycles. The molecule has 0 fully saturated rings. The van der Waals surface area contributed by atoms with Gasteiger partial charge in [-0.2, -0.15) is 0 Å². The van der Waals surface area contributed by atoms with Crippen LogP contribution in [-0.4, -0.2) is 13.4 Å². The van der Waals surface area contributed by atoms with Crippen molar-refractivity contribution in [2.45, 2.75) is 37.1 Å². The summed E-state index contributed by atoms with van der Waals surface area (Å²) < 4.78 is 27.5. The van der Waals surface area contributed by atoms with E-state index in [9.17, 15) is 8.42 Å². The summed E-state index contributed by atoms with van der Waals surface area (Å²) in [6.07, 6.45) is 4.64. The van der Waals surface area contributed by atoms with Crippen molar-refractivity contribution in [1.29, 1.82) is 0 Å². The molecule has 0 bridgehead atoms. The van der Waals surface area contributed by atoms with Crippen molar-refractivity contribution in [2.24, 2.45) is 0 Å². The minimum absolute atomic E-state index is 0.219. The molecule has 1 heterocycles. The third kappa shape index (κ3) is 3.32. The molecule has 1 aromatic heterocycles. The lowest BCUT2D eigenvalue weighted by Crippen LogP contribution is -2.23. The fourth-order valence-corrected chi connectivity index (χ4v) is 4.58. The van der Waals surface area contributed by atoms with E-state index in [-0.39, 0.29) is 11.4 Å². The third-order valence-corrected chi connectivity index (χ3v) is 6.42. The predicted octanol–water partition coefficient (Wildman–Crippen LogP) is 4.18. The van der Waals surface area contributed by atoms with Crippen LogP contribution in [0.1, 0.15) is 29.7 Å². The molecule has 2 N–H and O–H groups in total. The summed E-state index contributed by atoms with van der Waals surface area (Å²) in [4.78, 5) is 3.72. The molecule has 0 aliphatic heterocycles. The Balaban J connectivity index is 1.57. The van der Waals surface area contributed by atoms with Gasteiger partial charge in [-0.1, -0.05) is 17.7 Å². The Morgan fingerprint density at radius 3 is 2.60 bits per heavy atom. The second-order valence-corrected chi connectivity index (χ2v) is 8.65. The molecule has 0 saturated heterocycles. The number of halogens is 1. The standard InChI is InChI=1S/C19H19ClN2O2S/c20-14-6-8-15(9-7-14)25(23,24)21-12-13-5-10-19-17(11-13)16-3-1-2-4-18(16)22-19/h5-11,21-22H,1-4,12H2. The van der Waals surface area contributed by atoms with E-state index in [2.05, 4.69) is 15.8 Å². The Kier molecular flexibility index (Phi) is 4.31. The van der Waals surface area contributed by atoms with E-state index in [1.54, 1.807) is 12.1 Å². The minimum atomic E-state index is -3.55. The first-order valence-corrected chi connectivity index (χ1v) is 10.3. The largest absolute Gasteiger partial charge is 0.358 e. The summed E-state index contributed by atoms with van der Waals surface area (Å²) in [5.74, 6) is 0. The fourth-order valence-electron chi connectivity index (χ4n) is 3.44. The monoisotopic (exact) mass is 374 g/mol.